The van der Waals surface area contributed by atoms with Crippen LogP contribution in [-0.2, 0) is 16.0 Å². The van der Waals surface area contributed by atoms with Gasteiger partial charge in [-0.3, -0.25) is 4.79 Å². The van der Waals surface area contributed by atoms with Crippen molar-refractivity contribution in [2.24, 2.45) is 0 Å². The summed E-state index contributed by atoms with van der Waals surface area (Å²) >= 11 is 1.48. The molecular formula is C16H17N5O3S. The molecule has 0 saturated heterocycles. The van der Waals surface area contributed by atoms with Gasteiger partial charge in [-0.1, -0.05) is 0 Å². The van der Waals surface area contributed by atoms with Gasteiger partial charge in [0.05, 0.1) is 17.8 Å². The Morgan fingerprint density at radius 2 is 2.12 bits per heavy atom. The monoisotopic (exact) mass is 359 g/mol. The number of carbonyl (C=O) groups is 1. The largest absolute Gasteiger partial charge is 0.426 e. The minimum Gasteiger partial charge on any atom is -0.426 e. The van der Waals surface area contributed by atoms with E-state index in [1.54, 1.807) is 24.3 Å². The van der Waals surface area contributed by atoms with Crippen LogP contribution in [0.15, 0.2) is 36.0 Å². The molecule has 0 bridgehead atoms. The zero-order valence-electron chi connectivity index (χ0n) is 13.8. The van der Waals surface area contributed by atoms with E-state index in [4.69, 9.17) is 9.47 Å². The van der Waals surface area contributed by atoms with Gasteiger partial charge in [-0.2, -0.15) is 0 Å². The zero-order valence-corrected chi connectivity index (χ0v) is 14.6. The van der Waals surface area contributed by atoms with Gasteiger partial charge in [-0.05, 0) is 48.5 Å². The molecule has 0 spiro atoms. The molecule has 0 aliphatic heterocycles. The van der Waals surface area contributed by atoms with Crippen molar-refractivity contribution >= 4 is 17.3 Å². The molecule has 2 aromatic heterocycles. The predicted molar refractivity (Wildman–Crippen MR) is 90.6 cm³/mol. The Morgan fingerprint density at radius 3 is 2.80 bits per heavy atom. The Hall–Kier alpha value is -2.65. The molecule has 25 heavy (non-hydrogen) atoms. The number of hydrogen-bond donors (Lipinski definition) is 0. The van der Waals surface area contributed by atoms with Gasteiger partial charge in [0.1, 0.15) is 23.2 Å². The SMILES string of the molecule is CCOC(C)c1nc(CC(=O)Oc2ccc(-n3cnnn3)cc2)cs1. The number of thiazole rings is 1. The number of tetrazole rings is 1. The summed E-state index contributed by atoms with van der Waals surface area (Å²) in [4.78, 5) is 16.5. The van der Waals surface area contributed by atoms with Crippen molar-refractivity contribution < 1.29 is 14.3 Å². The van der Waals surface area contributed by atoms with Crippen LogP contribution >= 0.6 is 11.3 Å². The maximum absolute atomic E-state index is 12.1. The molecular weight excluding hydrogens is 342 g/mol. The highest BCUT2D eigenvalue weighted by atomic mass is 32.1. The molecule has 1 atom stereocenters. The Morgan fingerprint density at radius 1 is 1.32 bits per heavy atom. The zero-order chi connectivity index (χ0) is 17.6. The Labute approximate surface area is 148 Å². The van der Waals surface area contributed by atoms with Gasteiger partial charge in [-0.15, -0.1) is 16.4 Å². The maximum atomic E-state index is 12.1. The van der Waals surface area contributed by atoms with Crippen LogP contribution in [0, 0.1) is 0 Å². The smallest absolute Gasteiger partial charge is 0.317 e. The number of nitrogens with zero attached hydrogens (tertiary/aromatic N) is 5. The lowest BCUT2D eigenvalue weighted by Crippen LogP contribution is -2.11. The number of rotatable bonds is 7. The van der Waals surface area contributed by atoms with Crippen molar-refractivity contribution in [3.05, 3.63) is 46.7 Å². The van der Waals surface area contributed by atoms with Crippen molar-refractivity contribution in [3.8, 4) is 11.4 Å². The van der Waals surface area contributed by atoms with Crippen LogP contribution in [0.25, 0.3) is 5.69 Å². The summed E-state index contributed by atoms with van der Waals surface area (Å²) in [7, 11) is 0. The summed E-state index contributed by atoms with van der Waals surface area (Å²) in [6.45, 7) is 4.50. The molecule has 0 saturated carbocycles. The van der Waals surface area contributed by atoms with Gasteiger partial charge in [0.25, 0.3) is 0 Å². The highest BCUT2D eigenvalue weighted by molar-refractivity contribution is 7.09. The van der Waals surface area contributed by atoms with Crippen LogP contribution in [0.3, 0.4) is 0 Å². The average Bonchev–Trinajstić information content (AvgIpc) is 3.27. The standard InChI is InChI=1S/C16H17N5O3S/c1-3-23-11(2)16-18-12(9-25-16)8-15(22)24-14-6-4-13(5-7-14)21-10-17-19-20-21/h4-7,9-11H,3,8H2,1-2H3. The highest BCUT2D eigenvalue weighted by Crippen LogP contribution is 2.22. The topological polar surface area (TPSA) is 92.0 Å². The van der Waals surface area contributed by atoms with E-state index in [2.05, 4.69) is 20.5 Å². The summed E-state index contributed by atoms with van der Waals surface area (Å²) in [6, 6.07) is 6.92. The summed E-state index contributed by atoms with van der Waals surface area (Å²) in [5, 5.41) is 13.7. The lowest BCUT2D eigenvalue weighted by molar-refractivity contribution is -0.133. The number of carbonyl (C=O) groups excluding carboxylic acids is 1. The fraction of sp³-hybridized carbons (Fsp3) is 0.312. The molecule has 3 rings (SSSR count). The van der Waals surface area contributed by atoms with Crippen LogP contribution in [0.1, 0.15) is 30.7 Å². The molecule has 0 radical (unpaired) electrons. The maximum Gasteiger partial charge on any atom is 0.317 e. The van der Waals surface area contributed by atoms with E-state index in [1.807, 2.05) is 19.2 Å². The molecule has 2 heterocycles. The normalized spacial score (nSPS) is 12.1. The number of aromatic nitrogens is 5. The molecule has 0 fully saturated rings. The summed E-state index contributed by atoms with van der Waals surface area (Å²) in [6.07, 6.45) is 1.53. The van der Waals surface area contributed by atoms with Crippen LogP contribution in [0.2, 0.25) is 0 Å². The van der Waals surface area contributed by atoms with Gasteiger partial charge < -0.3 is 9.47 Å². The molecule has 0 aliphatic rings. The third-order valence-electron chi connectivity index (χ3n) is 3.34. The quantitative estimate of drug-likeness (QED) is 0.472. The van der Waals surface area contributed by atoms with Crippen molar-refractivity contribution in [2.45, 2.75) is 26.4 Å². The van der Waals surface area contributed by atoms with Gasteiger partial charge >= 0.3 is 5.97 Å². The van der Waals surface area contributed by atoms with Crippen LogP contribution in [0.5, 0.6) is 5.75 Å². The van der Waals surface area contributed by atoms with E-state index in [1.165, 1.54) is 22.3 Å². The van der Waals surface area contributed by atoms with Gasteiger partial charge in [0.15, 0.2) is 0 Å². The Kier molecular flexibility index (Phi) is 5.46. The minimum absolute atomic E-state index is 0.0707. The van der Waals surface area contributed by atoms with Gasteiger partial charge in [0, 0.05) is 12.0 Å². The van der Waals surface area contributed by atoms with Crippen molar-refractivity contribution in [1.29, 1.82) is 0 Å². The molecule has 9 heteroatoms. The lowest BCUT2D eigenvalue weighted by Gasteiger charge is -2.07. The van der Waals surface area contributed by atoms with Crippen molar-refractivity contribution in [2.75, 3.05) is 6.61 Å². The first-order valence-electron chi connectivity index (χ1n) is 7.75. The Bertz CT molecular complexity index is 817. The van der Waals surface area contributed by atoms with Crippen LogP contribution < -0.4 is 4.74 Å². The fourth-order valence-electron chi connectivity index (χ4n) is 2.17. The van der Waals surface area contributed by atoms with E-state index >= 15 is 0 Å². The van der Waals surface area contributed by atoms with E-state index in [-0.39, 0.29) is 18.5 Å². The first-order valence-corrected chi connectivity index (χ1v) is 8.63. The summed E-state index contributed by atoms with van der Waals surface area (Å²) < 4.78 is 12.4. The molecule has 0 aliphatic carbocycles. The van der Waals surface area contributed by atoms with Gasteiger partial charge in [-0.25, -0.2) is 9.67 Å². The lowest BCUT2D eigenvalue weighted by atomic mass is 10.3. The Balaban J connectivity index is 1.57. The van der Waals surface area contributed by atoms with Crippen LogP contribution in [-0.4, -0.2) is 37.8 Å². The average molecular weight is 359 g/mol. The number of hydrogen-bond acceptors (Lipinski definition) is 8. The first kappa shape index (κ1) is 17.2. The summed E-state index contributed by atoms with van der Waals surface area (Å²) in [5.74, 6) is 0.0936. The van der Waals surface area contributed by atoms with Crippen molar-refractivity contribution in [1.82, 2.24) is 25.2 Å². The van der Waals surface area contributed by atoms with E-state index in [0.717, 1.165) is 10.7 Å². The number of esters is 1. The summed E-state index contributed by atoms with van der Waals surface area (Å²) in [5.41, 5.74) is 1.46. The fourth-order valence-corrected chi connectivity index (χ4v) is 3.00. The van der Waals surface area contributed by atoms with E-state index in [9.17, 15) is 4.79 Å². The molecule has 0 N–H and O–H groups in total. The molecule has 130 valence electrons. The number of ether oxygens (including phenoxy) is 2. The second-order valence-electron chi connectivity index (χ2n) is 5.17. The van der Waals surface area contributed by atoms with E-state index in [0.29, 0.717) is 18.1 Å². The number of benzene rings is 1. The molecule has 3 aromatic rings. The molecule has 8 nitrogen and oxygen atoms in total. The second-order valence-corrected chi connectivity index (χ2v) is 6.06. The highest BCUT2D eigenvalue weighted by Gasteiger charge is 2.14. The molecule has 0 amide bonds. The third kappa shape index (κ3) is 4.46. The van der Waals surface area contributed by atoms with Crippen LogP contribution in [0.4, 0.5) is 0 Å². The first-order chi connectivity index (χ1) is 12.2. The van der Waals surface area contributed by atoms with E-state index < -0.39 is 0 Å². The predicted octanol–water partition coefficient (Wildman–Crippen LogP) is 2.36. The second kappa shape index (κ2) is 7.95. The minimum atomic E-state index is -0.365. The third-order valence-corrected chi connectivity index (χ3v) is 4.40. The molecule has 1 aromatic carbocycles. The van der Waals surface area contributed by atoms with Gasteiger partial charge in [0.2, 0.25) is 0 Å². The van der Waals surface area contributed by atoms with Crippen molar-refractivity contribution in [3.63, 3.8) is 0 Å². The molecule has 1 unspecified atom stereocenters.